The second-order valence-electron chi connectivity index (χ2n) is 2.64. The number of rotatable bonds is 1. The van der Waals surface area contributed by atoms with Crippen LogP contribution in [0.5, 0.6) is 0 Å². The number of allylic oxidation sites excluding steroid dienone is 1. The first-order valence-corrected chi connectivity index (χ1v) is 4.88. The fourth-order valence-electron chi connectivity index (χ4n) is 0.757. The smallest absolute Gasteiger partial charge is 0.0234 e. The van der Waals surface area contributed by atoms with Gasteiger partial charge in [-0.2, -0.15) is 0 Å². The Morgan fingerprint density at radius 1 is 1.60 bits per heavy atom. The highest BCUT2D eigenvalue weighted by molar-refractivity contribution is 8.19. The molecule has 1 unspecified atom stereocenters. The molecule has 0 saturated heterocycles. The van der Waals surface area contributed by atoms with Crippen LogP contribution in [0.4, 0.5) is 0 Å². The van der Waals surface area contributed by atoms with Crippen LogP contribution in [0.1, 0.15) is 13.8 Å². The highest BCUT2D eigenvalue weighted by Gasteiger charge is 2.02. The molecular formula is C8H13NS. The van der Waals surface area contributed by atoms with E-state index in [0.29, 0.717) is 5.92 Å². The second kappa shape index (κ2) is 3.06. The topological polar surface area (TPSA) is 12.0 Å². The molecule has 10 heavy (non-hydrogen) atoms. The molecule has 1 aliphatic rings. The Kier molecular flexibility index (Phi) is 2.33. The molecule has 0 aromatic rings. The van der Waals surface area contributed by atoms with Crippen molar-refractivity contribution >= 4 is 16.4 Å². The standard InChI is InChI=1S/C8H13NS/c1-7(2)8-6-10(3)5-4-9-8/h4-7,9H,3H2,1-2H3. The summed E-state index contributed by atoms with van der Waals surface area (Å²) in [5, 5.41) is 7.46. The van der Waals surface area contributed by atoms with E-state index in [1.54, 1.807) is 0 Å². The molecule has 56 valence electrons. The lowest BCUT2D eigenvalue weighted by molar-refractivity contribution is 0.716. The molecule has 0 radical (unpaired) electrons. The fourth-order valence-corrected chi connectivity index (χ4v) is 1.74. The highest BCUT2D eigenvalue weighted by Crippen LogP contribution is 2.22. The van der Waals surface area contributed by atoms with Crippen molar-refractivity contribution in [3.63, 3.8) is 0 Å². The van der Waals surface area contributed by atoms with Crippen LogP contribution in [0, 0.1) is 5.92 Å². The van der Waals surface area contributed by atoms with Crippen molar-refractivity contribution in [2.75, 3.05) is 0 Å². The first-order chi connectivity index (χ1) is 4.70. The summed E-state index contributed by atoms with van der Waals surface area (Å²) in [4.78, 5) is 0. The Morgan fingerprint density at radius 2 is 2.30 bits per heavy atom. The molecular weight excluding hydrogens is 142 g/mol. The molecule has 0 fully saturated rings. The molecule has 1 rings (SSSR count). The first kappa shape index (κ1) is 7.61. The van der Waals surface area contributed by atoms with E-state index >= 15 is 0 Å². The van der Waals surface area contributed by atoms with E-state index in [4.69, 9.17) is 0 Å². The average molecular weight is 155 g/mol. The van der Waals surface area contributed by atoms with Gasteiger partial charge in [-0.25, -0.2) is 0 Å². The van der Waals surface area contributed by atoms with Gasteiger partial charge in [0, 0.05) is 11.9 Å². The molecule has 0 spiro atoms. The van der Waals surface area contributed by atoms with Gasteiger partial charge >= 0.3 is 0 Å². The van der Waals surface area contributed by atoms with Crippen molar-refractivity contribution in [3.8, 4) is 0 Å². The third-order valence-electron chi connectivity index (χ3n) is 1.39. The van der Waals surface area contributed by atoms with Crippen LogP contribution in [0.2, 0.25) is 0 Å². The molecule has 1 nitrogen and oxygen atoms in total. The maximum atomic E-state index is 3.95. The number of hydrogen-bond acceptors (Lipinski definition) is 1. The summed E-state index contributed by atoms with van der Waals surface area (Å²) in [5.41, 5.74) is 1.29. The minimum Gasteiger partial charge on any atom is -0.364 e. The predicted molar refractivity (Wildman–Crippen MR) is 49.9 cm³/mol. The molecule has 0 aromatic carbocycles. The van der Waals surface area contributed by atoms with Crippen molar-refractivity contribution < 1.29 is 0 Å². The molecule has 0 aliphatic carbocycles. The van der Waals surface area contributed by atoms with Crippen molar-refractivity contribution in [1.29, 1.82) is 0 Å². The van der Waals surface area contributed by atoms with Crippen LogP contribution in [0.15, 0.2) is 22.7 Å². The van der Waals surface area contributed by atoms with Gasteiger partial charge in [-0.3, -0.25) is 0 Å². The molecule has 1 aliphatic heterocycles. The number of nitrogens with one attached hydrogen (secondary N) is 1. The molecule has 1 N–H and O–H groups in total. The summed E-state index contributed by atoms with van der Waals surface area (Å²) >= 11 is 0. The van der Waals surface area contributed by atoms with Gasteiger partial charge in [0.15, 0.2) is 0 Å². The van der Waals surface area contributed by atoms with E-state index in [1.165, 1.54) is 5.70 Å². The minimum atomic E-state index is 0.104. The molecule has 2 heteroatoms. The van der Waals surface area contributed by atoms with Gasteiger partial charge < -0.3 is 5.32 Å². The summed E-state index contributed by atoms with van der Waals surface area (Å²) in [5.74, 6) is 4.54. The third-order valence-corrected chi connectivity index (χ3v) is 2.44. The maximum Gasteiger partial charge on any atom is 0.0234 e. The van der Waals surface area contributed by atoms with Crippen LogP contribution >= 0.6 is 10.5 Å². The van der Waals surface area contributed by atoms with Gasteiger partial charge in [-0.05, 0) is 16.7 Å². The number of hydrogen-bond donors (Lipinski definition) is 1. The zero-order valence-electron chi connectivity index (χ0n) is 6.42. The molecule has 0 aromatic heterocycles. The zero-order chi connectivity index (χ0) is 7.56. The lowest BCUT2D eigenvalue weighted by Gasteiger charge is -2.14. The van der Waals surface area contributed by atoms with Crippen molar-refractivity contribution in [3.05, 3.63) is 22.7 Å². The highest BCUT2D eigenvalue weighted by atomic mass is 32.2. The van der Waals surface area contributed by atoms with Crippen LogP contribution in [0.25, 0.3) is 0 Å². The summed E-state index contributed by atoms with van der Waals surface area (Å²) in [6, 6.07) is 0. The van der Waals surface area contributed by atoms with Gasteiger partial charge in [0.05, 0.1) is 0 Å². The Hall–Kier alpha value is -0.500. The summed E-state index contributed by atoms with van der Waals surface area (Å²) < 4.78 is 0. The maximum absolute atomic E-state index is 3.95. The van der Waals surface area contributed by atoms with E-state index in [1.807, 2.05) is 6.20 Å². The molecule has 0 bridgehead atoms. The van der Waals surface area contributed by atoms with E-state index in [0.717, 1.165) is 0 Å². The van der Waals surface area contributed by atoms with E-state index in [9.17, 15) is 0 Å². The summed E-state index contributed by atoms with van der Waals surface area (Å²) in [6.45, 7) is 4.35. The average Bonchev–Trinajstić information content (AvgIpc) is 1.88. The van der Waals surface area contributed by atoms with Crippen molar-refractivity contribution in [1.82, 2.24) is 5.32 Å². The van der Waals surface area contributed by atoms with Gasteiger partial charge in [0.1, 0.15) is 0 Å². The van der Waals surface area contributed by atoms with Gasteiger partial charge in [-0.1, -0.05) is 19.7 Å². The molecule has 0 saturated carbocycles. The Morgan fingerprint density at radius 3 is 2.70 bits per heavy atom. The van der Waals surface area contributed by atoms with Gasteiger partial charge in [0.2, 0.25) is 0 Å². The van der Waals surface area contributed by atoms with Crippen LogP contribution in [-0.2, 0) is 0 Å². The van der Waals surface area contributed by atoms with Gasteiger partial charge in [-0.15, -0.1) is 10.5 Å². The zero-order valence-corrected chi connectivity index (χ0v) is 7.24. The summed E-state index contributed by atoms with van der Waals surface area (Å²) in [7, 11) is 0.104. The van der Waals surface area contributed by atoms with E-state index < -0.39 is 0 Å². The minimum absolute atomic E-state index is 0.104. The Balaban J connectivity index is 2.71. The summed E-state index contributed by atoms with van der Waals surface area (Å²) in [6.07, 6.45) is 1.98. The monoisotopic (exact) mass is 155 g/mol. The predicted octanol–water partition coefficient (Wildman–Crippen LogP) is 2.26. The molecule has 1 heterocycles. The Labute approximate surface area is 64.8 Å². The fraction of sp³-hybridized carbons (Fsp3) is 0.375. The lowest BCUT2D eigenvalue weighted by atomic mass is 10.2. The normalized spacial score (nSPS) is 24.3. The third kappa shape index (κ3) is 1.74. The van der Waals surface area contributed by atoms with Gasteiger partial charge in [0.25, 0.3) is 0 Å². The first-order valence-electron chi connectivity index (χ1n) is 3.36. The molecule has 0 amide bonds. The largest absolute Gasteiger partial charge is 0.364 e. The van der Waals surface area contributed by atoms with Crippen LogP contribution in [0.3, 0.4) is 0 Å². The van der Waals surface area contributed by atoms with Crippen LogP contribution in [-0.4, -0.2) is 5.87 Å². The van der Waals surface area contributed by atoms with Crippen molar-refractivity contribution in [2.45, 2.75) is 13.8 Å². The van der Waals surface area contributed by atoms with E-state index in [2.05, 4.69) is 35.9 Å². The SMILES string of the molecule is C=S1C=CNC(C(C)C)=C1. The van der Waals surface area contributed by atoms with Crippen LogP contribution < -0.4 is 5.32 Å². The van der Waals surface area contributed by atoms with E-state index in [-0.39, 0.29) is 10.5 Å². The second-order valence-corrected chi connectivity index (χ2v) is 4.09. The quantitative estimate of drug-likeness (QED) is 0.573. The Bertz CT molecular complexity index is 201. The lowest BCUT2D eigenvalue weighted by Crippen LogP contribution is -2.11. The van der Waals surface area contributed by atoms with Crippen molar-refractivity contribution in [2.24, 2.45) is 5.92 Å². The molecule has 1 atom stereocenters.